The minimum absolute atomic E-state index is 0.0816. The van der Waals surface area contributed by atoms with Crippen LogP contribution in [0.25, 0.3) is 0 Å². The number of amides is 2. The van der Waals surface area contributed by atoms with Crippen LogP contribution in [-0.2, 0) is 12.8 Å². The van der Waals surface area contributed by atoms with Crippen molar-refractivity contribution in [2.75, 3.05) is 13.2 Å². The number of urea groups is 1. The average molecular weight is 285 g/mol. The molecule has 1 atom stereocenters. The number of rotatable bonds is 8. The third-order valence-electron chi connectivity index (χ3n) is 2.74. The Balaban J connectivity index is 2.16. The van der Waals surface area contributed by atoms with Crippen molar-refractivity contribution in [2.24, 2.45) is 0 Å². The van der Waals surface area contributed by atoms with E-state index in [0.29, 0.717) is 13.0 Å². The van der Waals surface area contributed by atoms with E-state index in [2.05, 4.69) is 22.5 Å². The smallest absolute Gasteiger partial charge is 0.315 e. The fourth-order valence-electron chi connectivity index (χ4n) is 1.67. The molecule has 3 N–H and O–H groups in total. The Morgan fingerprint density at radius 2 is 2.37 bits per heavy atom. The molecule has 5 nitrogen and oxygen atoms in total. The number of carbonyl (C=O) groups is 1. The Hall–Kier alpha value is -1.14. The lowest BCUT2D eigenvalue weighted by atomic mass is 10.2. The number of nitrogens with zero attached hydrogens (tertiary/aromatic N) is 1. The summed E-state index contributed by atoms with van der Waals surface area (Å²) in [7, 11) is 0. The first-order chi connectivity index (χ1) is 9.15. The van der Waals surface area contributed by atoms with E-state index >= 15 is 0 Å². The fourth-order valence-corrected chi connectivity index (χ4v) is 2.45. The standard InChI is InChI=1S/C13H23N3O2S/c1-3-12-16-11(9-19-12)6-7-14-13(18)15-10(2)5-4-8-17/h9-10,17H,3-8H2,1-2H3,(H2,14,15,18). The maximum absolute atomic E-state index is 11.6. The maximum Gasteiger partial charge on any atom is 0.315 e. The zero-order valence-electron chi connectivity index (χ0n) is 11.6. The number of aryl methyl sites for hydroxylation is 1. The second-order valence-electron chi connectivity index (χ2n) is 4.50. The Morgan fingerprint density at radius 3 is 3.00 bits per heavy atom. The molecule has 0 saturated carbocycles. The van der Waals surface area contributed by atoms with Gasteiger partial charge < -0.3 is 15.7 Å². The molecule has 0 radical (unpaired) electrons. The van der Waals surface area contributed by atoms with Gasteiger partial charge in [0.25, 0.3) is 0 Å². The van der Waals surface area contributed by atoms with E-state index in [1.807, 2.05) is 12.3 Å². The lowest BCUT2D eigenvalue weighted by molar-refractivity contribution is 0.234. The molecule has 0 bridgehead atoms. The van der Waals surface area contributed by atoms with Crippen molar-refractivity contribution in [2.45, 2.75) is 45.6 Å². The predicted octanol–water partition coefficient (Wildman–Crippen LogP) is 1.71. The van der Waals surface area contributed by atoms with Crippen LogP contribution < -0.4 is 10.6 Å². The molecule has 6 heteroatoms. The van der Waals surface area contributed by atoms with Crippen molar-refractivity contribution < 1.29 is 9.90 Å². The van der Waals surface area contributed by atoms with E-state index in [1.165, 1.54) is 0 Å². The highest BCUT2D eigenvalue weighted by molar-refractivity contribution is 7.09. The maximum atomic E-state index is 11.6. The van der Waals surface area contributed by atoms with Crippen molar-refractivity contribution in [3.05, 3.63) is 16.1 Å². The van der Waals surface area contributed by atoms with Gasteiger partial charge in [-0.15, -0.1) is 11.3 Å². The minimum Gasteiger partial charge on any atom is -0.396 e. The van der Waals surface area contributed by atoms with Crippen molar-refractivity contribution in [1.29, 1.82) is 0 Å². The Kier molecular flexibility index (Phi) is 7.43. The largest absolute Gasteiger partial charge is 0.396 e. The fraction of sp³-hybridized carbons (Fsp3) is 0.692. The van der Waals surface area contributed by atoms with Gasteiger partial charge in [-0.25, -0.2) is 9.78 Å². The van der Waals surface area contributed by atoms with Crippen LogP contribution in [0.5, 0.6) is 0 Å². The molecule has 0 aromatic carbocycles. The van der Waals surface area contributed by atoms with Gasteiger partial charge in [-0.05, 0) is 26.2 Å². The van der Waals surface area contributed by atoms with Gasteiger partial charge in [-0.1, -0.05) is 6.92 Å². The summed E-state index contributed by atoms with van der Waals surface area (Å²) in [6.45, 7) is 4.77. The van der Waals surface area contributed by atoms with Gasteiger partial charge in [0, 0.05) is 31.0 Å². The van der Waals surface area contributed by atoms with Gasteiger partial charge in [0.15, 0.2) is 0 Å². The molecule has 1 heterocycles. The van der Waals surface area contributed by atoms with E-state index < -0.39 is 0 Å². The zero-order valence-corrected chi connectivity index (χ0v) is 12.4. The minimum atomic E-state index is -0.156. The first-order valence-corrected chi connectivity index (χ1v) is 7.62. The number of aromatic nitrogens is 1. The highest BCUT2D eigenvalue weighted by Gasteiger charge is 2.06. The highest BCUT2D eigenvalue weighted by atomic mass is 32.1. The normalized spacial score (nSPS) is 12.2. The van der Waals surface area contributed by atoms with Crippen LogP contribution >= 0.6 is 11.3 Å². The van der Waals surface area contributed by atoms with Crippen LogP contribution in [0.2, 0.25) is 0 Å². The summed E-state index contributed by atoms with van der Waals surface area (Å²) in [5.74, 6) is 0. The Labute approximate surface area is 118 Å². The molecular weight excluding hydrogens is 262 g/mol. The molecule has 19 heavy (non-hydrogen) atoms. The number of nitrogens with one attached hydrogen (secondary N) is 2. The molecule has 0 aliphatic rings. The molecule has 0 saturated heterocycles. The predicted molar refractivity (Wildman–Crippen MR) is 77.5 cm³/mol. The molecule has 0 aliphatic heterocycles. The van der Waals surface area contributed by atoms with Crippen LogP contribution in [0.1, 0.15) is 37.4 Å². The number of thiazole rings is 1. The van der Waals surface area contributed by atoms with Gasteiger partial charge in [0.1, 0.15) is 0 Å². The van der Waals surface area contributed by atoms with Gasteiger partial charge in [-0.3, -0.25) is 0 Å². The van der Waals surface area contributed by atoms with Crippen molar-refractivity contribution >= 4 is 17.4 Å². The number of carbonyl (C=O) groups excluding carboxylic acids is 1. The molecular formula is C13H23N3O2S. The molecule has 0 spiro atoms. The van der Waals surface area contributed by atoms with Gasteiger partial charge in [0.05, 0.1) is 10.7 Å². The van der Waals surface area contributed by atoms with E-state index in [0.717, 1.165) is 30.0 Å². The molecule has 0 aliphatic carbocycles. The number of hydrogen-bond acceptors (Lipinski definition) is 4. The molecule has 1 aromatic heterocycles. The molecule has 108 valence electrons. The van der Waals surface area contributed by atoms with Crippen LogP contribution in [0.3, 0.4) is 0 Å². The number of hydrogen-bond donors (Lipinski definition) is 3. The molecule has 2 amide bonds. The van der Waals surface area contributed by atoms with Gasteiger partial charge >= 0.3 is 6.03 Å². The Morgan fingerprint density at radius 1 is 1.58 bits per heavy atom. The van der Waals surface area contributed by atoms with E-state index in [1.54, 1.807) is 11.3 Å². The van der Waals surface area contributed by atoms with Crippen molar-refractivity contribution in [1.82, 2.24) is 15.6 Å². The number of aliphatic hydroxyl groups is 1. The summed E-state index contributed by atoms with van der Waals surface area (Å²) >= 11 is 1.67. The monoisotopic (exact) mass is 285 g/mol. The highest BCUT2D eigenvalue weighted by Crippen LogP contribution is 2.10. The topological polar surface area (TPSA) is 74.2 Å². The second-order valence-corrected chi connectivity index (χ2v) is 5.45. The number of aliphatic hydroxyl groups excluding tert-OH is 1. The summed E-state index contributed by atoms with van der Waals surface area (Å²) in [6, 6.07) is -0.0745. The lowest BCUT2D eigenvalue weighted by Gasteiger charge is -2.13. The summed E-state index contributed by atoms with van der Waals surface area (Å²) in [5.41, 5.74) is 1.04. The molecule has 0 fully saturated rings. The molecule has 1 unspecified atom stereocenters. The van der Waals surface area contributed by atoms with Crippen LogP contribution in [0.15, 0.2) is 5.38 Å². The third kappa shape index (κ3) is 6.54. The zero-order chi connectivity index (χ0) is 14.1. The second kappa shape index (κ2) is 8.87. The van der Waals surface area contributed by atoms with E-state index in [4.69, 9.17) is 5.11 Å². The van der Waals surface area contributed by atoms with E-state index in [-0.39, 0.29) is 18.7 Å². The summed E-state index contributed by atoms with van der Waals surface area (Å²) < 4.78 is 0. The molecule has 1 aromatic rings. The Bertz CT molecular complexity index is 382. The van der Waals surface area contributed by atoms with Gasteiger partial charge in [-0.2, -0.15) is 0 Å². The first-order valence-electron chi connectivity index (χ1n) is 6.74. The van der Waals surface area contributed by atoms with Crippen molar-refractivity contribution in [3.8, 4) is 0 Å². The van der Waals surface area contributed by atoms with Gasteiger partial charge in [0.2, 0.25) is 0 Å². The SMILES string of the molecule is CCc1nc(CCNC(=O)NC(C)CCCO)cs1. The summed E-state index contributed by atoms with van der Waals surface area (Å²) in [6.07, 6.45) is 3.21. The van der Waals surface area contributed by atoms with Crippen LogP contribution in [-0.4, -0.2) is 35.3 Å². The van der Waals surface area contributed by atoms with E-state index in [9.17, 15) is 4.79 Å². The van der Waals surface area contributed by atoms with Crippen LogP contribution in [0, 0.1) is 0 Å². The van der Waals surface area contributed by atoms with Crippen molar-refractivity contribution in [3.63, 3.8) is 0 Å². The average Bonchev–Trinajstić information content (AvgIpc) is 2.84. The third-order valence-corrected chi connectivity index (χ3v) is 3.78. The summed E-state index contributed by atoms with van der Waals surface area (Å²) in [4.78, 5) is 16.0. The quantitative estimate of drug-likeness (QED) is 0.680. The van der Waals surface area contributed by atoms with Crippen LogP contribution in [0.4, 0.5) is 4.79 Å². The summed E-state index contributed by atoms with van der Waals surface area (Å²) in [5, 5.41) is 17.5. The lowest BCUT2D eigenvalue weighted by Crippen LogP contribution is -2.41. The first kappa shape index (κ1) is 15.9. The molecule has 1 rings (SSSR count).